The Kier molecular flexibility index (Phi) is 8.86. The van der Waals surface area contributed by atoms with E-state index < -0.39 is 7.82 Å². The number of phosphoric ester groups is 1. The SMILES string of the molecule is CCCCc1ccc(OP(=O)(OOC)Oc2ccc(CCCC)cc2)cc1. The molecule has 0 amide bonds. The highest BCUT2D eigenvalue weighted by Gasteiger charge is 2.32. The fourth-order valence-electron chi connectivity index (χ4n) is 2.59. The van der Waals surface area contributed by atoms with Crippen molar-refractivity contribution in [2.75, 3.05) is 7.11 Å². The van der Waals surface area contributed by atoms with Gasteiger partial charge in [0.2, 0.25) is 0 Å². The lowest BCUT2D eigenvalue weighted by molar-refractivity contribution is -0.192. The van der Waals surface area contributed by atoms with Gasteiger partial charge < -0.3 is 9.05 Å². The minimum absolute atomic E-state index is 0.398. The van der Waals surface area contributed by atoms with Crippen molar-refractivity contribution in [2.24, 2.45) is 0 Å². The van der Waals surface area contributed by atoms with E-state index in [4.69, 9.17) is 13.7 Å². The highest BCUT2D eigenvalue weighted by atomic mass is 31.2. The van der Waals surface area contributed by atoms with Gasteiger partial charge in [-0.05, 0) is 61.1 Å². The van der Waals surface area contributed by atoms with E-state index in [0.29, 0.717) is 11.5 Å². The van der Waals surface area contributed by atoms with E-state index in [-0.39, 0.29) is 0 Å². The molecular formula is C21H29O5P. The molecule has 0 aliphatic rings. The van der Waals surface area contributed by atoms with Crippen molar-refractivity contribution in [2.45, 2.75) is 52.4 Å². The van der Waals surface area contributed by atoms with E-state index in [1.165, 1.54) is 18.2 Å². The third-order valence-corrected chi connectivity index (χ3v) is 5.29. The van der Waals surface area contributed by atoms with Crippen molar-refractivity contribution in [3.8, 4) is 11.5 Å². The Balaban J connectivity index is 2.04. The minimum Gasteiger partial charge on any atom is -0.394 e. The third kappa shape index (κ3) is 7.37. The average molecular weight is 392 g/mol. The van der Waals surface area contributed by atoms with Gasteiger partial charge in [0, 0.05) is 0 Å². The fourth-order valence-corrected chi connectivity index (χ4v) is 3.63. The number of hydrogen-bond acceptors (Lipinski definition) is 5. The van der Waals surface area contributed by atoms with E-state index >= 15 is 0 Å². The molecule has 2 aromatic carbocycles. The normalized spacial score (nSPS) is 11.4. The van der Waals surface area contributed by atoms with Gasteiger partial charge in [-0.25, -0.2) is 9.45 Å². The summed E-state index contributed by atoms with van der Waals surface area (Å²) in [6.07, 6.45) is 6.54. The molecule has 0 spiro atoms. The molecule has 2 aromatic rings. The highest BCUT2D eigenvalue weighted by molar-refractivity contribution is 7.49. The molecule has 2 rings (SSSR count). The monoisotopic (exact) mass is 392 g/mol. The Morgan fingerprint density at radius 1 is 0.741 bits per heavy atom. The molecule has 0 heterocycles. The van der Waals surface area contributed by atoms with Gasteiger partial charge in [-0.1, -0.05) is 51.0 Å². The van der Waals surface area contributed by atoms with Gasteiger partial charge in [0.15, 0.2) is 0 Å². The molecule has 0 unspecified atom stereocenters. The number of benzene rings is 2. The molecule has 0 aliphatic carbocycles. The first-order chi connectivity index (χ1) is 13.1. The topological polar surface area (TPSA) is 54.0 Å². The van der Waals surface area contributed by atoms with Gasteiger partial charge in [-0.15, -0.1) is 4.67 Å². The summed E-state index contributed by atoms with van der Waals surface area (Å²) < 4.78 is 28.7. The lowest BCUT2D eigenvalue weighted by atomic mass is 10.1. The van der Waals surface area contributed by atoms with Crippen molar-refractivity contribution in [1.29, 1.82) is 0 Å². The molecule has 0 fully saturated rings. The van der Waals surface area contributed by atoms with E-state index in [1.54, 1.807) is 24.3 Å². The van der Waals surface area contributed by atoms with Crippen LogP contribution >= 0.6 is 7.82 Å². The first kappa shape index (κ1) is 21.5. The van der Waals surface area contributed by atoms with E-state index in [2.05, 4.69) is 18.7 Å². The summed E-state index contributed by atoms with van der Waals surface area (Å²) in [7, 11) is -2.69. The lowest BCUT2D eigenvalue weighted by Gasteiger charge is -2.17. The molecule has 27 heavy (non-hydrogen) atoms. The molecule has 6 heteroatoms. The standard InChI is InChI=1S/C21H29O5P/c1-4-6-8-18-10-14-20(15-11-18)24-27(22,26-23-3)25-21-16-12-19(13-17-21)9-7-5-2/h10-17H,4-9H2,1-3H3. The molecule has 0 N–H and O–H groups in total. The largest absolute Gasteiger partial charge is 0.615 e. The first-order valence-corrected chi connectivity index (χ1v) is 10.9. The van der Waals surface area contributed by atoms with E-state index in [0.717, 1.165) is 38.5 Å². The molecule has 5 nitrogen and oxygen atoms in total. The van der Waals surface area contributed by atoms with Gasteiger partial charge in [-0.2, -0.15) is 0 Å². The zero-order chi connectivity index (χ0) is 19.5. The third-order valence-electron chi connectivity index (χ3n) is 4.08. The van der Waals surface area contributed by atoms with Gasteiger partial charge in [0.05, 0.1) is 7.11 Å². The van der Waals surface area contributed by atoms with Crippen LogP contribution in [-0.4, -0.2) is 7.11 Å². The maximum atomic E-state index is 12.9. The second-order valence-electron chi connectivity index (χ2n) is 6.37. The van der Waals surface area contributed by atoms with Crippen LogP contribution in [0.2, 0.25) is 0 Å². The molecule has 0 aliphatic heterocycles. The average Bonchev–Trinajstić information content (AvgIpc) is 2.67. The maximum Gasteiger partial charge on any atom is 0.615 e. The summed E-state index contributed by atoms with van der Waals surface area (Å²) in [5, 5.41) is 0. The van der Waals surface area contributed by atoms with Crippen molar-refractivity contribution in [3.05, 3.63) is 59.7 Å². The Morgan fingerprint density at radius 3 is 1.48 bits per heavy atom. The number of aryl methyl sites for hydroxylation is 2. The van der Waals surface area contributed by atoms with Crippen molar-refractivity contribution in [3.63, 3.8) is 0 Å². The number of unbranched alkanes of at least 4 members (excludes halogenated alkanes) is 2. The number of rotatable bonds is 12. The second kappa shape index (κ2) is 11.1. The predicted molar refractivity (Wildman–Crippen MR) is 107 cm³/mol. The molecule has 0 saturated heterocycles. The van der Waals surface area contributed by atoms with Crippen molar-refractivity contribution < 1.29 is 23.2 Å². The Hall–Kier alpha value is -1.81. The zero-order valence-electron chi connectivity index (χ0n) is 16.3. The van der Waals surface area contributed by atoms with Crippen LogP contribution in [0, 0.1) is 0 Å². The van der Waals surface area contributed by atoms with Crippen LogP contribution < -0.4 is 9.05 Å². The quantitative estimate of drug-likeness (QED) is 0.234. The van der Waals surface area contributed by atoms with Crippen LogP contribution in [0.4, 0.5) is 0 Å². The first-order valence-electron chi connectivity index (χ1n) is 9.48. The molecule has 0 atom stereocenters. The summed E-state index contributed by atoms with van der Waals surface area (Å²) in [6.45, 7) is 4.31. The van der Waals surface area contributed by atoms with Crippen LogP contribution in [0.5, 0.6) is 11.5 Å². The Morgan fingerprint density at radius 2 is 1.15 bits per heavy atom. The summed E-state index contributed by atoms with van der Waals surface area (Å²) >= 11 is 0. The number of hydrogen-bond donors (Lipinski definition) is 0. The molecule has 0 radical (unpaired) electrons. The minimum atomic E-state index is -3.96. The summed E-state index contributed by atoms with van der Waals surface area (Å²) in [5.74, 6) is 0.797. The second-order valence-corrected chi connectivity index (χ2v) is 7.77. The van der Waals surface area contributed by atoms with Crippen LogP contribution in [0.1, 0.15) is 50.7 Å². The zero-order valence-corrected chi connectivity index (χ0v) is 17.2. The van der Waals surface area contributed by atoms with Gasteiger partial charge in [-0.3, -0.25) is 0 Å². The van der Waals surface area contributed by atoms with Crippen molar-refractivity contribution >= 4 is 7.82 Å². The van der Waals surface area contributed by atoms with Crippen LogP contribution in [0.25, 0.3) is 0 Å². The molecule has 0 saturated carbocycles. The Bertz CT molecular complexity index is 655. The fraction of sp³-hybridized carbons (Fsp3) is 0.429. The molecule has 0 aromatic heterocycles. The van der Waals surface area contributed by atoms with Gasteiger partial charge in [0.1, 0.15) is 11.5 Å². The molecular weight excluding hydrogens is 363 g/mol. The van der Waals surface area contributed by atoms with Crippen LogP contribution in [0.15, 0.2) is 48.5 Å². The maximum absolute atomic E-state index is 12.9. The van der Waals surface area contributed by atoms with Gasteiger partial charge >= 0.3 is 7.82 Å². The van der Waals surface area contributed by atoms with Crippen molar-refractivity contribution in [1.82, 2.24) is 0 Å². The van der Waals surface area contributed by atoms with Gasteiger partial charge in [0.25, 0.3) is 0 Å². The highest BCUT2D eigenvalue weighted by Crippen LogP contribution is 2.49. The predicted octanol–water partition coefficient (Wildman–Crippen LogP) is 6.52. The number of phosphoric acid groups is 1. The van der Waals surface area contributed by atoms with Crippen LogP contribution in [0.3, 0.4) is 0 Å². The van der Waals surface area contributed by atoms with E-state index in [1.807, 2.05) is 24.3 Å². The molecule has 148 valence electrons. The summed E-state index contributed by atoms with van der Waals surface area (Å²) in [4.78, 5) is 4.59. The Labute approximate surface area is 162 Å². The summed E-state index contributed by atoms with van der Waals surface area (Å²) in [6, 6.07) is 14.8. The molecule has 0 bridgehead atoms. The summed E-state index contributed by atoms with van der Waals surface area (Å²) in [5.41, 5.74) is 2.41. The smallest absolute Gasteiger partial charge is 0.394 e. The van der Waals surface area contributed by atoms with E-state index in [9.17, 15) is 4.57 Å². The van der Waals surface area contributed by atoms with Crippen LogP contribution in [-0.2, 0) is 27.0 Å². The lowest BCUT2D eigenvalue weighted by Crippen LogP contribution is -2.04.